The van der Waals surface area contributed by atoms with E-state index in [2.05, 4.69) is 0 Å². The second-order valence-corrected chi connectivity index (χ2v) is 10.3. The molecule has 1 spiro atoms. The summed E-state index contributed by atoms with van der Waals surface area (Å²) in [5, 5.41) is 0. The minimum absolute atomic E-state index is 0.0270. The van der Waals surface area contributed by atoms with Crippen LogP contribution in [0.15, 0.2) is 65.2 Å². The van der Waals surface area contributed by atoms with Gasteiger partial charge in [-0.05, 0) is 43.5 Å². The van der Waals surface area contributed by atoms with Gasteiger partial charge in [-0.25, -0.2) is 22.4 Å². The van der Waals surface area contributed by atoms with Crippen molar-refractivity contribution in [1.29, 1.82) is 0 Å². The molecule has 4 rings (SSSR count). The lowest BCUT2D eigenvalue weighted by molar-refractivity contribution is -0.135. The number of carbonyl (C=O) groups excluding carboxylic acids is 2. The van der Waals surface area contributed by atoms with Gasteiger partial charge in [0.05, 0.1) is 18.5 Å². The largest absolute Gasteiger partial charge is 0.465 e. The molecule has 186 valence electrons. The number of nitrogens with zero attached hydrogens (tertiary/aromatic N) is 2. The van der Waals surface area contributed by atoms with Crippen molar-refractivity contribution < 1.29 is 31.9 Å². The van der Waals surface area contributed by atoms with Gasteiger partial charge in [0.15, 0.2) is 4.91 Å². The highest BCUT2D eigenvalue weighted by molar-refractivity contribution is 7.98. The number of sulfonamides is 1. The first-order valence-electron chi connectivity index (χ1n) is 11.0. The fourth-order valence-corrected chi connectivity index (χ4v) is 6.87. The summed E-state index contributed by atoms with van der Waals surface area (Å²) in [5.74, 6) is -1.74. The number of hydrogen-bond donors (Lipinski definition) is 1. The Labute approximate surface area is 203 Å². The first-order valence-corrected chi connectivity index (χ1v) is 12.4. The van der Waals surface area contributed by atoms with Gasteiger partial charge in [-0.2, -0.15) is 0 Å². The Kier molecular flexibility index (Phi) is 6.46. The molecule has 2 atom stereocenters. The van der Waals surface area contributed by atoms with E-state index in [0.29, 0.717) is 0 Å². The Hall–Kier alpha value is -3.60. The topological polar surface area (TPSA) is 119 Å². The number of esters is 1. The van der Waals surface area contributed by atoms with Crippen LogP contribution in [0, 0.1) is 5.82 Å². The van der Waals surface area contributed by atoms with Gasteiger partial charge in [-0.15, -0.1) is 0 Å². The van der Waals surface area contributed by atoms with Gasteiger partial charge in [0.2, 0.25) is 0 Å². The van der Waals surface area contributed by atoms with Crippen molar-refractivity contribution >= 4 is 27.8 Å². The molecule has 2 aromatic rings. The Morgan fingerprint density at radius 3 is 2.51 bits per heavy atom. The molecule has 0 aliphatic carbocycles. The SMILES string of the molecule is COC(=O)C1=C(N)[C@]2(CCN(C(=O)OCc3ccccc3)[C@@H](C)C2)N(c2cccc(F)c2)S1(=O)=O. The van der Waals surface area contributed by atoms with Gasteiger partial charge >= 0.3 is 12.1 Å². The average molecular weight is 504 g/mol. The number of hydrogen-bond acceptors (Lipinski definition) is 7. The van der Waals surface area contributed by atoms with Crippen molar-refractivity contribution in [3.8, 4) is 0 Å². The maximum absolute atomic E-state index is 14.1. The van der Waals surface area contributed by atoms with Gasteiger partial charge in [-0.1, -0.05) is 36.4 Å². The van der Waals surface area contributed by atoms with Crippen LogP contribution in [0.25, 0.3) is 0 Å². The number of rotatable bonds is 4. The molecule has 9 nitrogen and oxygen atoms in total. The minimum Gasteiger partial charge on any atom is -0.465 e. The number of methoxy groups -OCH3 is 1. The van der Waals surface area contributed by atoms with Gasteiger partial charge in [0, 0.05) is 12.6 Å². The number of nitrogens with two attached hydrogens (primary N) is 1. The van der Waals surface area contributed by atoms with Crippen molar-refractivity contribution in [3.05, 3.63) is 76.6 Å². The third-order valence-electron chi connectivity index (χ3n) is 6.42. The third kappa shape index (κ3) is 4.20. The van der Waals surface area contributed by atoms with Crippen LogP contribution in [0.1, 0.15) is 25.3 Å². The highest BCUT2D eigenvalue weighted by Crippen LogP contribution is 2.49. The van der Waals surface area contributed by atoms with E-state index in [0.717, 1.165) is 23.0 Å². The number of piperidine rings is 1. The first kappa shape index (κ1) is 24.5. The van der Waals surface area contributed by atoms with Crippen LogP contribution in [0.5, 0.6) is 0 Å². The molecule has 35 heavy (non-hydrogen) atoms. The Morgan fingerprint density at radius 2 is 1.89 bits per heavy atom. The van der Waals surface area contributed by atoms with Crippen molar-refractivity contribution in [3.63, 3.8) is 0 Å². The number of likely N-dealkylation sites (tertiary alicyclic amines) is 1. The molecule has 0 radical (unpaired) electrons. The van der Waals surface area contributed by atoms with Crippen molar-refractivity contribution in [2.45, 2.75) is 38.0 Å². The Morgan fingerprint density at radius 1 is 1.17 bits per heavy atom. The van der Waals surface area contributed by atoms with E-state index in [1.54, 1.807) is 6.92 Å². The highest BCUT2D eigenvalue weighted by Gasteiger charge is 2.59. The molecule has 2 aromatic carbocycles. The van der Waals surface area contributed by atoms with Crippen LogP contribution in [0.3, 0.4) is 0 Å². The summed E-state index contributed by atoms with van der Waals surface area (Å²) in [6, 6.07) is 13.8. The van der Waals surface area contributed by atoms with Crippen molar-refractivity contribution in [2.75, 3.05) is 18.0 Å². The number of ether oxygens (including phenoxy) is 2. The normalized spacial score (nSPS) is 23.5. The number of amides is 1. The molecule has 0 saturated carbocycles. The van der Waals surface area contributed by atoms with Crippen molar-refractivity contribution in [2.24, 2.45) is 5.73 Å². The second kappa shape index (κ2) is 9.21. The molecular weight excluding hydrogens is 477 g/mol. The third-order valence-corrected chi connectivity index (χ3v) is 8.36. The number of anilines is 1. The summed E-state index contributed by atoms with van der Waals surface area (Å²) in [5.41, 5.74) is 5.65. The molecular formula is C24H26FN3O6S. The quantitative estimate of drug-likeness (QED) is 0.637. The van der Waals surface area contributed by atoms with Crippen LogP contribution in [-0.2, 0) is 30.9 Å². The zero-order chi connectivity index (χ0) is 25.4. The van der Waals surface area contributed by atoms with E-state index in [1.807, 2.05) is 30.3 Å². The molecule has 2 aliphatic heterocycles. The monoisotopic (exact) mass is 503 g/mol. The fraction of sp³-hybridized carbons (Fsp3) is 0.333. The molecule has 2 aliphatic rings. The summed E-state index contributed by atoms with van der Waals surface area (Å²) in [6.07, 6.45) is -0.417. The average Bonchev–Trinajstić information content (AvgIpc) is 2.99. The summed E-state index contributed by atoms with van der Waals surface area (Å²) < 4.78 is 52.3. The van der Waals surface area contributed by atoms with Crippen LogP contribution in [0.2, 0.25) is 0 Å². The summed E-state index contributed by atoms with van der Waals surface area (Å²) in [4.78, 5) is 26.1. The molecule has 1 fully saturated rings. The summed E-state index contributed by atoms with van der Waals surface area (Å²) in [6.45, 7) is 1.93. The smallest absolute Gasteiger partial charge is 0.410 e. The lowest BCUT2D eigenvalue weighted by Crippen LogP contribution is -2.60. The van der Waals surface area contributed by atoms with Gasteiger partial charge < -0.3 is 20.1 Å². The lowest BCUT2D eigenvalue weighted by Gasteiger charge is -2.47. The second-order valence-electron chi connectivity index (χ2n) is 8.55. The molecule has 2 N–H and O–H groups in total. The molecule has 0 aromatic heterocycles. The Balaban J connectivity index is 1.67. The predicted octanol–water partition coefficient (Wildman–Crippen LogP) is 2.88. The predicted molar refractivity (Wildman–Crippen MR) is 126 cm³/mol. The number of carbonyl (C=O) groups is 2. The van der Waals surface area contributed by atoms with Crippen LogP contribution >= 0.6 is 0 Å². The first-order chi connectivity index (χ1) is 16.6. The molecule has 0 bridgehead atoms. The summed E-state index contributed by atoms with van der Waals surface area (Å²) >= 11 is 0. The highest BCUT2D eigenvalue weighted by atomic mass is 32.2. The zero-order valence-electron chi connectivity index (χ0n) is 19.3. The lowest BCUT2D eigenvalue weighted by atomic mass is 9.80. The Bertz CT molecular complexity index is 1280. The fourth-order valence-electron chi connectivity index (χ4n) is 4.81. The van der Waals surface area contributed by atoms with E-state index in [-0.39, 0.29) is 37.4 Å². The van der Waals surface area contributed by atoms with E-state index in [9.17, 15) is 22.4 Å². The van der Waals surface area contributed by atoms with Gasteiger partial charge in [0.25, 0.3) is 10.0 Å². The summed E-state index contributed by atoms with van der Waals surface area (Å²) in [7, 11) is -3.40. The number of benzene rings is 2. The maximum Gasteiger partial charge on any atom is 0.410 e. The molecule has 1 amide bonds. The van der Waals surface area contributed by atoms with Crippen LogP contribution in [-0.4, -0.2) is 50.6 Å². The molecule has 0 unspecified atom stereocenters. The van der Waals surface area contributed by atoms with E-state index < -0.39 is 44.4 Å². The molecule has 2 heterocycles. The zero-order valence-corrected chi connectivity index (χ0v) is 20.1. The van der Waals surface area contributed by atoms with E-state index in [4.69, 9.17) is 15.2 Å². The van der Waals surface area contributed by atoms with Gasteiger partial charge in [0.1, 0.15) is 18.0 Å². The maximum atomic E-state index is 14.1. The standard InChI is InChI=1S/C24H26FN3O6S/c1-16-14-24(11-12-27(16)23(30)34-15-17-7-4-3-5-8-17)21(26)20(22(29)33-2)35(31,32)28(24)19-10-6-9-18(25)13-19/h3-10,13,16H,11-12,14-15,26H2,1-2H3/t16-,24+/m0/s1. The van der Waals surface area contributed by atoms with Crippen molar-refractivity contribution in [1.82, 2.24) is 4.90 Å². The van der Waals surface area contributed by atoms with Gasteiger partial charge in [-0.3, -0.25) is 4.31 Å². The van der Waals surface area contributed by atoms with Crippen LogP contribution in [0.4, 0.5) is 14.9 Å². The minimum atomic E-state index is -4.46. The van der Waals surface area contributed by atoms with E-state index in [1.165, 1.54) is 23.1 Å². The molecule has 1 saturated heterocycles. The van der Waals surface area contributed by atoms with E-state index >= 15 is 0 Å². The van der Waals surface area contributed by atoms with Crippen LogP contribution < -0.4 is 10.0 Å². The molecule has 11 heteroatoms. The number of halogens is 1.